The van der Waals surface area contributed by atoms with Crippen LogP contribution >= 0.6 is 0 Å². The highest BCUT2D eigenvalue weighted by Gasteiger charge is 2.38. The minimum absolute atomic E-state index is 0.0899. The second-order valence-corrected chi connectivity index (χ2v) is 8.49. The first-order valence-electron chi connectivity index (χ1n) is 10.1. The van der Waals surface area contributed by atoms with E-state index >= 15 is 0 Å². The summed E-state index contributed by atoms with van der Waals surface area (Å²) >= 11 is 0. The highest BCUT2D eigenvalue weighted by molar-refractivity contribution is 6.47. The molecule has 0 saturated carbocycles. The van der Waals surface area contributed by atoms with E-state index in [1.807, 2.05) is 6.07 Å². The monoisotopic (exact) mass is 424 g/mol. The molecule has 0 spiro atoms. The predicted octanol–water partition coefficient (Wildman–Crippen LogP) is 3.45. The van der Waals surface area contributed by atoms with E-state index in [1.165, 1.54) is 6.07 Å². The van der Waals surface area contributed by atoms with E-state index in [2.05, 4.69) is 0 Å². The average molecular weight is 424 g/mol. The summed E-state index contributed by atoms with van der Waals surface area (Å²) in [6.45, 7) is 4.56. The van der Waals surface area contributed by atoms with E-state index in [0.717, 1.165) is 0 Å². The van der Waals surface area contributed by atoms with E-state index in [-0.39, 0.29) is 23.5 Å². The lowest BCUT2D eigenvalue weighted by atomic mass is 9.64. The molecule has 0 bridgehead atoms. The molecule has 8 heteroatoms. The first kappa shape index (κ1) is 22.6. The van der Waals surface area contributed by atoms with Crippen LogP contribution in [-0.4, -0.2) is 36.7 Å². The van der Waals surface area contributed by atoms with Crippen LogP contribution in [0, 0.1) is 5.41 Å². The van der Waals surface area contributed by atoms with Gasteiger partial charge in [-0.2, -0.15) is 0 Å². The van der Waals surface area contributed by atoms with Crippen LogP contribution in [0.4, 0.5) is 0 Å². The van der Waals surface area contributed by atoms with Gasteiger partial charge in [0.1, 0.15) is 11.3 Å². The van der Waals surface area contributed by atoms with Crippen molar-refractivity contribution < 1.29 is 33.5 Å². The quantitative estimate of drug-likeness (QED) is 0.328. The van der Waals surface area contributed by atoms with Crippen LogP contribution in [0.25, 0.3) is 0 Å². The van der Waals surface area contributed by atoms with Gasteiger partial charge in [0.25, 0.3) is 0 Å². The van der Waals surface area contributed by atoms with Gasteiger partial charge in [0, 0.05) is 17.8 Å². The second-order valence-electron chi connectivity index (χ2n) is 8.49. The van der Waals surface area contributed by atoms with Crippen molar-refractivity contribution in [2.45, 2.75) is 39.4 Å². The molecule has 0 unspecified atom stereocenters. The highest BCUT2D eigenvalue weighted by atomic mass is 16.7. The molecule has 0 aliphatic carbocycles. The van der Waals surface area contributed by atoms with Crippen molar-refractivity contribution in [3.05, 3.63) is 65.2 Å². The Kier molecular flexibility index (Phi) is 6.80. The fourth-order valence-corrected chi connectivity index (χ4v) is 3.23. The first-order valence-corrected chi connectivity index (χ1v) is 10.1. The Bertz CT molecular complexity index is 966. The molecule has 2 aromatic rings. The zero-order valence-corrected chi connectivity index (χ0v) is 17.8. The molecule has 7 nitrogen and oxygen atoms in total. The largest absolute Gasteiger partial charge is 0.535 e. The lowest BCUT2D eigenvalue weighted by molar-refractivity contribution is -0.161. The number of esters is 2. The number of fused-ring (bicyclic) bond motifs is 1. The summed E-state index contributed by atoms with van der Waals surface area (Å²) in [5.41, 5.74) is 0.675. The molecule has 2 aromatic carbocycles. The third kappa shape index (κ3) is 5.52. The van der Waals surface area contributed by atoms with Gasteiger partial charge in [0.2, 0.25) is 6.79 Å². The van der Waals surface area contributed by atoms with Gasteiger partial charge in [-0.3, -0.25) is 9.59 Å². The van der Waals surface area contributed by atoms with Crippen LogP contribution in [0.3, 0.4) is 0 Å². The minimum Gasteiger partial charge on any atom is -0.535 e. The van der Waals surface area contributed by atoms with Crippen molar-refractivity contribution in [2.24, 2.45) is 5.41 Å². The minimum atomic E-state index is -1.24. The molecule has 3 rings (SSSR count). The lowest BCUT2D eigenvalue weighted by Gasteiger charge is -2.28. The van der Waals surface area contributed by atoms with E-state index in [9.17, 15) is 19.4 Å². The Labute approximate surface area is 181 Å². The molecule has 0 saturated heterocycles. The van der Waals surface area contributed by atoms with E-state index < -0.39 is 37.1 Å². The molecule has 1 heterocycles. The zero-order valence-electron chi connectivity index (χ0n) is 17.8. The molecule has 1 N–H and O–H groups in total. The van der Waals surface area contributed by atoms with Gasteiger partial charge < -0.3 is 19.2 Å². The Morgan fingerprint density at radius 2 is 1.77 bits per heavy atom. The van der Waals surface area contributed by atoms with Gasteiger partial charge >= 0.3 is 19.1 Å². The topological polar surface area (TPSA) is 99.1 Å². The Balaban J connectivity index is 1.66. The summed E-state index contributed by atoms with van der Waals surface area (Å²) in [7, 11) is -1.24. The molecular formula is C23H25BO7. The molecule has 0 fully saturated rings. The number of hydrogen-bond donors (Lipinski definition) is 1. The molecule has 1 aliphatic rings. The smallest absolute Gasteiger partial charge is 0.526 e. The number of hydrogen-bond acceptors (Lipinski definition) is 7. The van der Waals surface area contributed by atoms with Gasteiger partial charge in [-0.15, -0.1) is 0 Å². The maximum Gasteiger partial charge on any atom is 0.526 e. The third-order valence-corrected chi connectivity index (χ3v) is 4.98. The summed E-state index contributed by atoms with van der Waals surface area (Å²) in [6, 6.07) is 13.8. The van der Waals surface area contributed by atoms with Gasteiger partial charge in [-0.1, -0.05) is 42.5 Å². The maximum atomic E-state index is 12.5. The van der Waals surface area contributed by atoms with Crippen LogP contribution in [0.1, 0.15) is 53.5 Å². The molecule has 1 atom stereocenters. The number of ether oxygens (including phenoxy) is 2. The van der Waals surface area contributed by atoms with Crippen molar-refractivity contribution >= 4 is 24.8 Å². The SMILES string of the molecule is CC(C)(C)C(=O)OCOC(=O)c1cccc2c1OB(O)[C@@H](CC(=O)c1ccccc1)C2. The van der Waals surface area contributed by atoms with Crippen molar-refractivity contribution in [3.63, 3.8) is 0 Å². The maximum absolute atomic E-state index is 12.5. The number of para-hydroxylation sites is 1. The first-order chi connectivity index (χ1) is 14.7. The fourth-order valence-electron chi connectivity index (χ4n) is 3.23. The molecule has 0 amide bonds. The van der Waals surface area contributed by atoms with E-state index in [0.29, 0.717) is 17.5 Å². The number of carbonyl (C=O) groups excluding carboxylic acids is 3. The number of carbonyl (C=O) groups is 3. The van der Waals surface area contributed by atoms with Crippen molar-refractivity contribution in [2.75, 3.05) is 6.79 Å². The molecule has 31 heavy (non-hydrogen) atoms. The molecule has 162 valence electrons. The highest BCUT2D eigenvalue weighted by Crippen LogP contribution is 2.37. The van der Waals surface area contributed by atoms with Gasteiger partial charge in [0.05, 0.1) is 5.41 Å². The summed E-state index contributed by atoms with van der Waals surface area (Å²) < 4.78 is 15.6. The molecular weight excluding hydrogens is 399 g/mol. The van der Waals surface area contributed by atoms with Crippen LogP contribution in [-0.2, 0) is 20.7 Å². The normalized spacial score (nSPS) is 15.5. The zero-order chi connectivity index (χ0) is 22.6. The molecule has 0 aromatic heterocycles. The standard InChI is InChI=1S/C23H25BO7/c1-23(2,3)22(27)30-14-29-21(26)18-11-7-10-16-12-17(24(28)31-20(16)18)13-19(25)15-8-5-4-6-9-15/h4-11,17,28H,12-14H2,1-3H3/t17-/m1/s1. The van der Waals surface area contributed by atoms with Crippen LogP contribution in [0.5, 0.6) is 5.75 Å². The predicted molar refractivity (Wildman–Crippen MR) is 114 cm³/mol. The number of Topliss-reactive ketones (excluding diaryl/α,β-unsaturated/α-hetero) is 1. The van der Waals surface area contributed by atoms with E-state index in [4.69, 9.17) is 14.1 Å². The Morgan fingerprint density at radius 3 is 2.45 bits per heavy atom. The Morgan fingerprint density at radius 1 is 1.06 bits per heavy atom. The van der Waals surface area contributed by atoms with Crippen molar-refractivity contribution in [1.82, 2.24) is 0 Å². The average Bonchev–Trinajstić information content (AvgIpc) is 2.73. The van der Waals surface area contributed by atoms with Gasteiger partial charge in [0.15, 0.2) is 5.78 Å². The summed E-state index contributed by atoms with van der Waals surface area (Å²) in [5.74, 6) is -1.55. The van der Waals surface area contributed by atoms with Crippen molar-refractivity contribution in [1.29, 1.82) is 0 Å². The summed E-state index contributed by atoms with van der Waals surface area (Å²) in [5, 5.41) is 10.5. The fraction of sp³-hybridized carbons (Fsp3) is 0.348. The lowest BCUT2D eigenvalue weighted by Crippen LogP contribution is -2.36. The third-order valence-electron chi connectivity index (χ3n) is 4.98. The van der Waals surface area contributed by atoms with Gasteiger partial charge in [-0.25, -0.2) is 4.79 Å². The second kappa shape index (κ2) is 9.35. The van der Waals surface area contributed by atoms with Crippen molar-refractivity contribution in [3.8, 4) is 5.75 Å². The van der Waals surface area contributed by atoms with E-state index in [1.54, 1.807) is 57.2 Å². The number of rotatable bonds is 6. The van der Waals surface area contributed by atoms with Crippen LogP contribution < -0.4 is 4.65 Å². The van der Waals surface area contributed by atoms with Gasteiger partial charge in [-0.05, 0) is 38.8 Å². The van der Waals surface area contributed by atoms with Crippen LogP contribution in [0.2, 0.25) is 5.82 Å². The summed E-state index contributed by atoms with van der Waals surface area (Å²) in [4.78, 5) is 36.8. The molecule has 0 radical (unpaired) electrons. The number of benzene rings is 2. The molecule has 1 aliphatic heterocycles. The number of ketones is 1. The van der Waals surface area contributed by atoms with Crippen LogP contribution in [0.15, 0.2) is 48.5 Å². The summed E-state index contributed by atoms with van der Waals surface area (Å²) in [6.07, 6.45) is 0.483. The Hall–Kier alpha value is -3.13.